The van der Waals surface area contributed by atoms with Gasteiger partial charge < -0.3 is 10.1 Å². The van der Waals surface area contributed by atoms with Gasteiger partial charge in [-0.3, -0.25) is 4.79 Å². The highest BCUT2D eigenvalue weighted by molar-refractivity contribution is 7.88. The number of hydrogen-bond acceptors (Lipinski definition) is 4. The quantitative estimate of drug-likeness (QED) is 0.812. The molecule has 1 aromatic carbocycles. The van der Waals surface area contributed by atoms with Crippen LogP contribution in [0.3, 0.4) is 0 Å². The Kier molecular flexibility index (Phi) is 6.71. The number of nitrogens with zero attached hydrogens (tertiary/aromatic N) is 1. The molecule has 1 amide bonds. The average molecular weight is 389 g/mol. The predicted octanol–water partition coefficient (Wildman–Crippen LogP) is 2.67. The summed E-state index contributed by atoms with van der Waals surface area (Å²) in [4.78, 5) is 12.1. The minimum Gasteiger partial charge on any atom is -0.489 e. The molecule has 1 saturated heterocycles. The number of rotatable bonds is 6. The maximum atomic E-state index is 12.1. The highest BCUT2D eigenvalue weighted by Crippen LogP contribution is 2.28. The maximum absolute atomic E-state index is 12.1. The van der Waals surface area contributed by atoms with Crippen LogP contribution in [0.5, 0.6) is 5.75 Å². The van der Waals surface area contributed by atoms with Crippen LogP contribution < -0.4 is 10.1 Å². The fourth-order valence-corrected chi connectivity index (χ4v) is 3.71. The topological polar surface area (TPSA) is 75.7 Å². The number of ether oxygens (including phenoxy) is 1. The molecule has 1 atom stereocenters. The molecule has 0 bridgehead atoms. The molecular formula is C17H25ClN2O4S. The molecule has 1 aromatic rings. The van der Waals surface area contributed by atoms with E-state index in [-0.39, 0.29) is 18.1 Å². The lowest BCUT2D eigenvalue weighted by Gasteiger charge is -2.30. The molecule has 1 heterocycles. The number of carbonyl (C=O) groups excluding carboxylic acids is 1. The van der Waals surface area contributed by atoms with E-state index in [4.69, 9.17) is 16.3 Å². The van der Waals surface area contributed by atoms with Crippen LogP contribution in [-0.2, 0) is 10.0 Å². The summed E-state index contributed by atoms with van der Waals surface area (Å²) in [5, 5.41) is 3.27. The molecule has 8 heteroatoms. The Bertz CT molecular complexity index is 715. The SMILES string of the molecule is CC[C@H](C)NC(=O)c1ccc(OC2CCN(S(C)(=O)=O)CC2)c(Cl)c1. The lowest BCUT2D eigenvalue weighted by atomic mass is 10.1. The number of benzene rings is 1. The summed E-state index contributed by atoms with van der Waals surface area (Å²) >= 11 is 6.25. The molecule has 1 aliphatic rings. The highest BCUT2D eigenvalue weighted by atomic mass is 35.5. The van der Waals surface area contributed by atoms with Crippen LogP contribution in [0.4, 0.5) is 0 Å². The third kappa shape index (κ3) is 5.59. The van der Waals surface area contributed by atoms with Gasteiger partial charge in [-0.05, 0) is 44.4 Å². The standard InChI is InChI=1S/C17H25ClN2O4S/c1-4-12(2)19-17(21)13-5-6-16(15(18)11-13)24-14-7-9-20(10-8-14)25(3,22)23/h5-6,11-12,14H,4,7-10H2,1-3H3,(H,19,21)/t12-/m0/s1. The summed E-state index contributed by atoms with van der Waals surface area (Å²) in [5.41, 5.74) is 0.490. The van der Waals surface area contributed by atoms with Crippen LogP contribution in [-0.4, -0.2) is 50.1 Å². The van der Waals surface area contributed by atoms with Gasteiger partial charge in [-0.15, -0.1) is 0 Å². The Labute approximate surface area is 154 Å². The number of amides is 1. The molecule has 0 radical (unpaired) electrons. The van der Waals surface area contributed by atoms with Gasteiger partial charge in [-0.1, -0.05) is 18.5 Å². The van der Waals surface area contributed by atoms with Crippen LogP contribution in [0.1, 0.15) is 43.5 Å². The van der Waals surface area contributed by atoms with Gasteiger partial charge in [0.2, 0.25) is 10.0 Å². The van der Waals surface area contributed by atoms with Gasteiger partial charge in [0.15, 0.2) is 0 Å². The zero-order valence-corrected chi connectivity index (χ0v) is 16.4. The summed E-state index contributed by atoms with van der Waals surface area (Å²) in [6.07, 6.45) is 3.20. The van der Waals surface area contributed by atoms with E-state index in [0.29, 0.717) is 42.3 Å². The van der Waals surface area contributed by atoms with E-state index in [1.807, 2.05) is 13.8 Å². The molecule has 0 spiro atoms. The minimum atomic E-state index is -3.15. The van der Waals surface area contributed by atoms with Crippen LogP contribution in [0.2, 0.25) is 5.02 Å². The van der Waals surface area contributed by atoms with Crippen molar-refractivity contribution in [3.8, 4) is 5.75 Å². The van der Waals surface area contributed by atoms with E-state index in [1.54, 1.807) is 18.2 Å². The zero-order valence-electron chi connectivity index (χ0n) is 14.8. The summed E-state index contributed by atoms with van der Waals surface area (Å²) in [5.74, 6) is 0.351. The second-order valence-electron chi connectivity index (χ2n) is 6.41. The average Bonchev–Trinajstić information content (AvgIpc) is 2.56. The lowest BCUT2D eigenvalue weighted by molar-refractivity contribution is 0.0939. The zero-order chi connectivity index (χ0) is 18.6. The molecule has 1 fully saturated rings. The highest BCUT2D eigenvalue weighted by Gasteiger charge is 2.26. The molecule has 6 nitrogen and oxygen atoms in total. The number of piperidine rings is 1. The fraction of sp³-hybridized carbons (Fsp3) is 0.588. The number of nitrogens with one attached hydrogen (secondary N) is 1. The Balaban J connectivity index is 1.97. The van der Waals surface area contributed by atoms with Crippen molar-refractivity contribution in [2.45, 2.75) is 45.3 Å². The van der Waals surface area contributed by atoms with E-state index in [0.717, 1.165) is 6.42 Å². The summed E-state index contributed by atoms with van der Waals surface area (Å²) < 4.78 is 30.4. The third-order valence-electron chi connectivity index (χ3n) is 4.35. The Morgan fingerprint density at radius 2 is 2.04 bits per heavy atom. The molecule has 1 N–H and O–H groups in total. The van der Waals surface area contributed by atoms with Crippen molar-refractivity contribution in [1.82, 2.24) is 9.62 Å². The van der Waals surface area contributed by atoms with Gasteiger partial charge in [0, 0.05) is 24.7 Å². The van der Waals surface area contributed by atoms with Gasteiger partial charge in [0.1, 0.15) is 11.9 Å². The molecule has 2 rings (SSSR count). The first-order valence-corrected chi connectivity index (χ1v) is 10.7. The Hall–Kier alpha value is -1.31. The minimum absolute atomic E-state index is 0.0877. The van der Waals surface area contributed by atoms with Crippen LogP contribution in [0.25, 0.3) is 0 Å². The summed E-state index contributed by atoms with van der Waals surface area (Å²) in [6, 6.07) is 5.07. The first kappa shape index (κ1) is 20.0. The van der Waals surface area contributed by atoms with Crippen molar-refractivity contribution in [3.63, 3.8) is 0 Å². The fourth-order valence-electron chi connectivity index (χ4n) is 2.61. The first-order chi connectivity index (χ1) is 11.7. The number of sulfonamides is 1. The van der Waals surface area contributed by atoms with Crippen molar-refractivity contribution in [3.05, 3.63) is 28.8 Å². The second-order valence-corrected chi connectivity index (χ2v) is 8.80. The summed E-state index contributed by atoms with van der Waals surface area (Å²) in [6.45, 7) is 4.83. The molecule has 0 saturated carbocycles. The molecular weight excluding hydrogens is 364 g/mol. The van der Waals surface area contributed by atoms with Gasteiger partial charge in [0.05, 0.1) is 11.3 Å². The van der Waals surface area contributed by atoms with Crippen LogP contribution in [0, 0.1) is 0 Å². The van der Waals surface area contributed by atoms with Crippen molar-refractivity contribution in [2.75, 3.05) is 19.3 Å². The van der Waals surface area contributed by atoms with Gasteiger partial charge in [-0.25, -0.2) is 12.7 Å². The molecule has 1 aliphatic heterocycles. The van der Waals surface area contributed by atoms with Crippen LogP contribution in [0.15, 0.2) is 18.2 Å². The number of hydrogen-bond donors (Lipinski definition) is 1. The smallest absolute Gasteiger partial charge is 0.251 e. The number of carbonyl (C=O) groups is 1. The van der Waals surface area contributed by atoms with E-state index < -0.39 is 10.0 Å². The monoisotopic (exact) mass is 388 g/mol. The molecule has 0 aromatic heterocycles. The van der Waals surface area contributed by atoms with Gasteiger partial charge in [-0.2, -0.15) is 0 Å². The molecule has 0 unspecified atom stereocenters. The molecule has 0 aliphatic carbocycles. The van der Waals surface area contributed by atoms with Gasteiger partial charge >= 0.3 is 0 Å². The Morgan fingerprint density at radius 1 is 1.40 bits per heavy atom. The maximum Gasteiger partial charge on any atom is 0.251 e. The number of halogens is 1. The molecule has 140 valence electrons. The first-order valence-electron chi connectivity index (χ1n) is 8.43. The normalized spacial score (nSPS) is 17.9. The molecule has 25 heavy (non-hydrogen) atoms. The van der Waals surface area contributed by atoms with Crippen molar-refractivity contribution in [2.24, 2.45) is 0 Å². The van der Waals surface area contributed by atoms with E-state index in [9.17, 15) is 13.2 Å². The van der Waals surface area contributed by atoms with E-state index >= 15 is 0 Å². The largest absolute Gasteiger partial charge is 0.489 e. The summed E-state index contributed by atoms with van der Waals surface area (Å²) in [7, 11) is -3.15. The van der Waals surface area contributed by atoms with Crippen molar-refractivity contribution in [1.29, 1.82) is 0 Å². The van der Waals surface area contributed by atoms with Crippen molar-refractivity contribution >= 4 is 27.5 Å². The van der Waals surface area contributed by atoms with Crippen molar-refractivity contribution < 1.29 is 17.9 Å². The third-order valence-corrected chi connectivity index (χ3v) is 5.95. The van der Waals surface area contributed by atoms with E-state index in [2.05, 4.69) is 5.32 Å². The van der Waals surface area contributed by atoms with E-state index in [1.165, 1.54) is 10.6 Å². The Morgan fingerprint density at radius 3 is 2.56 bits per heavy atom. The lowest BCUT2D eigenvalue weighted by Crippen LogP contribution is -2.41. The predicted molar refractivity (Wildman–Crippen MR) is 98.7 cm³/mol. The second kappa shape index (κ2) is 8.38. The van der Waals surface area contributed by atoms with Crippen LogP contribution >= 0.6 is 11.6 Å². The van der Waals surface area contributed by atoms with Gasteiger partial charge in [0.25, 0.3) is 5.91 Å².